The number of benzene rings is 1. The lowest BCUT2D eigenvalue weighted by Crippen LogP contribution is -2.29. The fourth-order valence-electron chi connectivity index (χ4n) is 1.76. The van der Waals surface area contributed by atoms with Crippen molar-refractivity contribution >= 4 is 5.69 Å². The van der Waals surface area contributed by atoms with E-state index in [1.807, 2.05) is 19.1 Å². The van der Waals surface area contributed by atoms with Gasteiger partial charge in [0.05, 0.1) is 13.7 Å². The second-order valence-corrected chi connectivity index (χ2v) is 4.02. The predicted molar refractivity (Wildman–Crippen MR) is 75.4 cm³/mol. The fraction of sp³-hybridized carbons (Fsp3) is 0.571. The van der Waals surface area contributed by atoms with Gasteiger partial charge in [0.1, 0.15) is 5.75 Å². The summed E-state index contributed by atoms with van der Waals surface area (Å²) in [4.78, 5) is 2.29. The average Bonchev–Trinajstić information content (AvgIpc) is 2.43. The maximum Gasteiger partial charge on any atom is 0.119 e. The fourth-order valence-corrected chi connectivity index (χ4v) is 1.76. The van der Waals surface area contributed by atoms with Crippen molar-refractivity contribution in [2.75, 3.05) is 44.9 Å². The Kier molecular flexibility index (Phi) is 7.22. The second-order valence-electron chi connectivity index (χ2n) is 4.02. The van der Waals surface area contributed by atoms with Crippen molar-refractivity contribution in [3.63, 3.8) is 0 Å². The van der Waals surface area contributed by atoms with E-state index in [9.17, 15) is 0 Å². The minimum Gasteiger partial charge on any atom is -0.497 e. The number of anilines is 1. The van der Waals surface area contributed by atoms with Gasteiger partial charge in [0, 0.05) is 25.4 Å². The molecule has 0 saturated heterocycles. The van der Waals surface area contributed by atoms with Crippen LogP contribution in [0.15, 0.2) is 24.3 Å². The van der Waals surface area contributed by atoms with Crippen LogP contribution in [0.25, 0.3) is 0 Å². The molecule has 4 heteroatoms. The third-order valence-electron chi connectivity index (χ3n) is 2.78. The highest BCUT2D eigenvalue weighted by Gasteiger charge is 2.06. The summed E-state index contributed by atoms with van der Waals surface area (Å²) >= 11 is 0. The highest BCUT2D eigenvalue weighted by atomic mass is 16.5. The quantitative estimate of drug-likeness (QED) is 0.682. The standard InChI is InChI=1S/C14H24N2O2/c1-3-18-12-11-16(10-4-9-15)13-5-7-14(17-2)8-6-13/h5-8H,3-4,9-12,15H2,1-2H3. The molecule has 0 fully saturated rings. The van der Waals surface area contributed by atoms with E-state index in [4.69, 9.17) is 15.2 Å². The molecule has 0 aliphatic carbocycles. The molecule has 0 aromatic heterocycles. The van der Waals surface area contributed by atoms with E-state index in [2.05, 4.69) is 17.0 Å². The van der Waals surface area contributed by atoms with Gasteiger partial charge in [0.2, 0.25) is 0 Å². The molecule has 102 valence electrons. The average molecular weight is 252 g/mol. The van der Waals surface area contributed by atoms with E-state index in [1.165, 1.54) is 5.69 Å². The van der Waals surface area contributed by atoms with Gasteiger partial charge >= 0.3 is 0 Å². The van der Waals surface area contributed by atoms with Crippen molar-refractivity contribution in [2.45, 2.75) is 13.3 Å². The number of hydrogen-bond donors (Lipinski definition) is 1. The van der Waals surface area contributed by atoms with Crippen molar-refractivity contribution in [3.05, 3.63) is 24.3 Å². The minimum absolute atomic E-state index is 0.710. The minimum atomic E-state index is 0.710. The molecule has 0 amide bonds. The first-order valence-electron chi connectivity index (χ1n) is 6.48. The zero-order chi connectivity index (χ0) is 13.2. The van der Waals surface area contributed by atoms with Crippen molar-refractivity contribution in [3.8, 4) is 5.75 Å². The summed E-state index contributed by atoms with van der Waals surface area (Å²) in [5.74, 6) is 0.877. The first-order valence-corrected chi connectivity index (χ1v) is 6.48. The molecule has 1 aromatic rings. The molecular weight excluding hydrogens is 228 g/mol. The summed E-state index contributed by atoms with van der Waals surface area (Å²) in [6, 6.07) is 8.10. The van der Waals surface area contributed by atoms with E-state index in [0.29, 0.717) is 6.54 Å². The van der Waals surface area contributed by atoms with Gasteiger partial charge in [-0.2, -0.15) is 0 Å². The van der Waals surface area contributed by atoms with Crippen LogP contribution in [-0.2, 0) is 4.74 Å². The van der Waals surface area contributed by atoms with Gasteiger partial charge < -0.3 is 20.1 Å². The third-order valence-corrected chi connectivity index (χ3v) is 2.78. The SMILES string of the molecule is CCOCCN(CCCN)c1ccc(OC)cc1. The molecule has 0 bridgehead atoms. The molecule has 0 unspecified atom stereocenters. The number of rotatable bonds is 9. The van der Waals surface area contributed by atoms with Crippen LogP contribution in [0, 0.1) is 0 Å². The summed E-state index contributed by atoms with van der Waals surface area (Å²) in [5.41, 5.74) is 6.76. The number of ether oxygens (including phenoxy) is 2. The Hall–Kier alpha value is -1.26. The van der Waals surface area contributed by atoms with Gasteiger partial charge in [-0.25, -0.2) is 0 Å². The zero-order valence-electron chi connectivity index (χ0n) is 11.4. The van der Waals surface area contributed by atoms with Crippen molar-refractivity contribution < 1.29 is 9.47 Å². The van der Waals surface area contributed by atoms with Crippen LogP contribution in [0.3, 0.4) is 0 Å². The van der Waals surface area contributed by atoms with E-state index in [-0.39, 0.29) is 0 Å². The first-order chi connectivity index (χ1) is 8.81. The Balaban J connectivity index is 2.60. The normalized spacial score (nSPS) is 10.4. The van der Waals surface area contributed by atoms with Crippen LogP contribution in [0.1, 0.15) is 13.3 Å². The molecule has 0 heterocycles. The Morgan fingerprint density at radius 1 is 1.17 bits per heavy atom. The molecule has 0 aliphatic heterocycles. The van der Waals surface area contributed by atoms with Crippen LogP contribution in [0.2, 0.25) is 0 Å². The van der Waals surface area contributed by atoms with E-state index >= 15 is 0 Å². The lowest BCUT2D eigenvalue weighted by atomic mass is 10.2. The van der Waals surface area contributed by atoms with E-state index in [1.54, 1.807) is 7.11 Å². The monoisotopic (exact) mass is 252 g/mol. The Morgan fingerprint density at radius 3 is 2.44 bits per heavy atom. The summed E-state index contributed by atoms with van der Waals surface area (Å²) in [6.07, 6.45) is 0.984. The number of nitrogens with zero attached hydrogens (tertiary/aromatic N) is 1. The van der Waals surface area contributed by atoms with Gasteiger partial charge in [-0.15, -0.1) is 0 Å². The van der Waals surface area contributed by atoms with Crippen LogP contribution in [0.5, 0.6) is 5.75 Å². The predicted octanol–water partition coefficient (Wildman–Crippen LogP) is 1.89. The highest BCUT2D eigenvalue weighted by molar-refractivity contribution is 5.49. The summed E-state index contributed by atoms with van der Waals surface area (Å²) in [5, 5.41) is 0. The number of hydrogen-bond acceptors (Lipinski definition) is 4. The molecule has 0 spiro atoms. The molecule has 0 saturated carbocycles. The van der Waals surface area contributed by atoms with Crippen molar-refractivity contribution in [1.29, 1.82) is 0 Å². The Labute approximate surface area is 110 Å². The summed E-state index contributed by atoms with van der Waals surface area (Å²) in [6.45, 7) is 6.06. The van der Waals surface area contributed by atoms with Crippen LogP contribution >= 0.6 is 0 Å². The van der Waals surface area contributed by atoms with Crippen LogP contribution in [0.4, 0.5) is 5.69 Å². The molecule has 0 atom stereocenters. The third kappa shape index (κ3) is 4.94. The molecule has 0 aliphatic rings. The zero-order valence-corrected chi connectivity index (χ0v) is 11.4. The molecule has 1 aromatic carbocycles. The maximum absolute atomic E-state index is 5.58. The van der Waals surface area contributed by atoms with Gasteiger partial charge in [0.25, 0.3) is 0 Å². The number of nitrogens with two attached hydrogens (primary N) is 1. The van der Waals surface area contributed by atoms with Crippen LogP contribution in [-0.4, -0.2) is 40.0 Å². The van der Waals surface area contributed by atoms with Gasteiger partial charge in [-0.3, -0.25) is 0 Å². The highest BCUT2D eigenvalue weighted by Crippen LogP contribution is 2.19. The van der Waals surface area contributed by atoms with E-state index < -0.39 is 0 Å². The molecule has 4 nitrogen and oxygen atoms in total. The second kappa shape index (κ2) is 8.78. The summed E-state index contributed by atoms with van der Waals surface area (Å²) in [7, 11) is 1.68. The lowest BCUT2D eigenvalue weighted by Gasteiger charge is -2.24. The van der Waals surface area contributed by atoms with Crippen LogP contribution < -0.4 is 15.4 Å². The smallest absolute Gasteiger partial charge is 0.119 e. The summed E-state index contributed by atoms with van der Waals surface area (Å²) < 4.78 is 10.6. The number of methoxy groups -OCH3 is 1. The Bertz CT molecular complexity index is 314. The molecule has 2 N–H and O–H groups in total. The van der Waals surface area contributed by atoms with Gasteiger partial charge in [-0.1, -0.05) is 0 Å². The van der Waals surface area contributed by atoms with E-state index in [0.717, 1.165) is 38.5 Å². The molecule has 0 radical (unpaired) electrons. The van der Waals surface area contributed by atoms with Gasteiger partial charge in [-0.05, 0) is 44.2 Å². The maximum atomic E-state index is 5.58. The molecular formula is C14H24N2O2. The van der Waals surface area contributed by atoms with Crippen molar-refractivity contribution in [1.82, 2.24) is 0 Å². The van der Waals surface area contributed by atoms with Crippen molar-refractivity contribution in [2.24, 2.45) is 5.73 Å². The first kappa shape index (κ1) is 14.8. The Morgan fingerprint density at radius 2 is 1.89 bits per heavy atom. The van der Waals surface area contributed by atoms with Gasteiger partial charge in [0.15, 0.2) is 0 Å². The lowest BCUT2D eigenvalue weighted by molar-refractivity contribution is 0.154. The topological polar surface area (TPSA) is 47.7 Å². The largest absolute Gasteiger partial charge is 0.497 e. The molecule has 18 heavy (non-hydrogen) atoms. The molecule has 1 rings (SSSR count).